The highest BCUT2D eigenvalue weighted by Crippen LogP contribution is 2.34. The number of fused-ring (bicyclic) bond motifs is 1. The zero-order chi connectivity index (χ0) is 23.7. The van der Waals surface area contributed by atoms with Gasteiger partial charge in [-0.05, 0) is 66.8 Å². The van der Waals surface area contributed by atoms with Crippen LogP contribution in [-0.4, -0.2) is 38.5 Å². The third-order valence-electron chi connectivity index (χ3n) is 4.95. The third kappa shape index (κ3) is 4.78. The summed E-state index contributed by atoms with van der Waals surface area (Å²) >= 11 is 2.10. The van der Waals surface area contributed by atoms with Gasteiger partial charge < -0.3 is 14.7 Å². The maximum absolute atomic E-state index is 12.7. The van der Waals surface area contributed by atoms with E-state index in [4.69, 9.17) is 4.42 Å². The summed E-state index contributed by atoms with van der Waals surface area (Å²) in [5.74, 6) is -0.555. The van der Waals surface area contributed by atoms with Crippen molar-refractivity contribution in [3.05, 3.63) is 76.9 Å². The standard InChI is InChI=1S/C24H18N4O4S2/c1-14-6-8-15(9-7-14)25-20(29)13-28-22(30)19(33-24(28)31)12-16-10-11-21(32-16)34-23-26-17-4-2-3-5-18(17)27-23/h2-12H,13H2,1H3,(H,25,29)(H,26,27)/b19-12+. The van der Waals surface area contributed by atoms with Crippen LogP contribution in [0.2, 0.25) is 0 Å². The van der Waals surface area contributed by atoms with Crippen LogP contribution < -0.4 is 5.32 Å². The van der Waals surface area contributed by atoms with Gasteiger partial charge in [0.2, 0.25) is 5.91 Å². The van der Waals surface area contributed by atoms with Crippen LogP contribution in [0.15, 0.2) is 80.2 Å². The number of hydrogen-bond acceptors (Lipinski definition) is 7. The van der Waals surface area contributed by atoms with E-state index in [1.165, 1.54) is 17.8 Å². The van der Waals surface area contributed by atoms with E-state index in [0.29, 0.717) is 21.7 Å². The minimum atomic E-state index is -0.531. The van der Waals surface area contributed by atoms with Gasteiger partial charge in [-0.1, -0.05) is 29.8 Å². The van der Waals surface area contributed by atoms with Crippen molar-refractivity contribution in [2.24, 2.45) is 0 Å². The Morgan fingerprint density at radius 3 is 2.74 bits per heavy atom. The quantitative estimate of drug-likeness (QED) is 0.354. The lowest BCUT2D eigenvalue weighted by Crippen LogP contribution is -2.36. The molecule has 0 bridgehead atoms. The van der Waals surface area contributed by atoms with E-state index < -0.39 is 17.1 Å². The minimum absolute atomic E-state index is 0.197. The van der Waals surface area contributed by atoms with Crippen LogP contribution in [0.25, 0.3) is 17.1 Å². The Bertz CT molecular complexity index is 1410. The second-order valence-corrected chi connectivity index (χ2v) is 9.49. The number of amides is 3. The number of anilines is 1. The molecule has 170 valence electrons. The fourth-order valence-corrected chi connectivity index (χ4v) is 4.87. The van der Waals surface area contributed by atoms with Crippen LogP contribution in [-0.2, 0) is 9.59 Å². The number of imide groups is 1. The lowest BCUT2D eigenvalue weighted by atomic mass is 10.2. The number of hydrogen-bond donors (Lipinski definition) is 2. The average Bonchev–Trinajstić information content (AvgIpc) is 3.50. The van der Waals surface area contributed by atoms with Crippen LogP contribution in [0.3, 0.4) is 0 Å². The molecule has 5 rings (SSSR count). The molecular weight excluding hydrogens is 472 g/mol. The molecule has 0 atom stereocenters. The first-order chi connectivity index (χ1) is 16.4. The van der Waals surface area contributed by atoms with Crippen LogP contribution in [0.5, 0.6) is 0 Å². The Balaban J connectivity index is 1.24. The zero-order valence-electron chi connectivity index (χ0n) is 17.9. The summed E-state index contributed by atoms with van der Waals surface area (Å²) in [5.41, 5.74) is 3.45. The highest BCUT2D eigenvalue weighted by atomic mass is 32.2. The summed E-state index contributed by atoms with van der Waals surface area (Å²) in [4.78, 5) is 46.2. The molecule has 2 aromatic carbocycles. The second-order valence-electron chi connectivity index (χ2n) is 7.50. The van der Waals surface area contributed by atoms with Gasteiger partial charge in [-0.3, -0.25) is 19.3 Å². The number of aromatic amines is 1. The number of nitrogens with one attached hydrogen (secondary N) is 2. The number of carbonyl (C=O) groups is 3. The normalized spacial score (nSPS) is 15.0. The lowest BCUT2D eigenvalue weighted by Gasteiger charge is -2.12. The molecule has 0 radical (unpaired) electrons. The molecule has 4 aromatic rings. The fraction of sp³-hybridized carbons (Fsp3) is 0.0833. The van der Waals surface area contributed by atoms with Crippen molar-refractivity contribution in [1.82, 2.24) is 14.9 Å². The molecule has 34 heavy (non-hydrogen) atoms. The molecule has 0 spiro atoms. The average molecular weight is 491 g/mol. The van der Waals surface area contributed by atoms with Crippen molar-refractivity contribution in [2.75, 3.05) is 11.9 Å². The zero-order valence-corrected chi connectivity index (χ0v) is 19.5. The molecule has 0 aliphatic carbocycles. The summed E-state index contributed by atoms with van der Waals surface area (Å²) in [6.07, 6.45) is 1.51. The number of furan rings is 1. The Hall–Kier alpha value is -3.76. The van der Waals surface area contributed by atoms with Crippen molar-refractivity contribution in [3.8, 4) is 0 Å². The van der Waals surface area contributed by atoms with Crippen LogP contribution >= 0.6 is 23.5 Å². The van der Waals surface area contributed by atoms with Gasteiger partial charge in [0.15, 0.2) is 10.2 Å². The topological polar surface area (TPSA) is 108 Å². The van der Waals surface area contributed by atoms with Gasteiger partial charge in [-0.25, -0.2) is 4.98 Å². The molecule has 0 saturated carbocycles. The highest BCUT2D eigenvalue weighted by Gasteiger charge is 2.36. The van der Waals surface area contributed by atoms with E-state index in [1.807, 2.05) is 43.3 Å². The van der Waals surface area contributed by atoms with Crippen molar-refractivity contribution >= 4 is 63.4 Å². The number of rotatable bonds is 6. The number of aromatic nitrogens is 2. The Morgan fingerprint density at radius 1 is 1.15 bits per heavy atom. The van der Waals surface area contributed by atoms with Crippen LogP contribution in [0.4, 0.5) is 10.5 Å². The van der Waals surface area contributed by atoms with Crippen LogP contribution in [0, 0.1) is 6.92 Å². The molecule has 2 aromatic heterocycles. The number of nitrogens with zero attached hydrogens (tertiary/aromatic N) is 2. The molecular formula is C24H18N4O4S2. The number of para-hydroxylation sites is 2. The molecule has 1 aliphatic rings. The summed E-state index contributed by atoms with van der Waals surface area (Å²) in [6, 6.07) is 18.4. The molecule has 8 nitrogen and oxygen atoms in total. The largest absolute Gasteiger partial charge is 0.450 e. The minimum Gasteiger partial charge on any atom is -0.450 e. The Labute approximate surface area is 202 Å². The second kappa shape index (κ2) is 9.24. The Kier molecular flexibility index (Phi) is 5.99. The van der Waals surface area contributed by atoms with E-state index in [9.17, 15) is 14.4 Å². The van der Waals surface area contributed by atoms with Gasteiger partial charge in [-0.2, -0.15) is 0 Å². The highest BCUT2D eigenvalue weighted by molar-refractivity contribution is 8.18. The van der Waals surface area contributed by atoms with Crippen LogP contribution in [0.1, 0.15) is 11.3 Å². The molecule has 1 saturated heterocycles. The number of imidazole rings is 1. The number of H-pyrrole nitrogens is 1. The molecule has 2 N–H and O–H groups in total. The van der Waals surface area contributed by atoms with Crippen molar-refractivity contribution in [1.29, 1.82) is 0 Å². The molecule has 1 fully saturated rings. The molecule has 3 amide bonds. The molecule has 3 heterocycles. The summed E-state index contributed by atoms with van der Waals surface area (Å²) < 4.78 is 5.79. The predicted octanol–water partition coefficient (Wildman–Crippen LogP) is 5.29. The molecule has 0 unspecified atom stereocenters. The maximum Gasteiger partial charge on any atom is 0.294 e. The molecule has 1 aliphatic heterocycles. The first kappa shape index (κ1) is 22.1. The first-order valence-electron chi connectivity index (χ1n) is 10.3. The van der Waals surface area contributed by atoms with Crippen molar-refractivity contribution < 1.29 is 18.8 Å². The van der Waals surface area contributed by atoms with Gasteiger partial charge in [-0.15, -0.1) is 0 Å². The number of thioether (sulfide) groups is 1. The van der Waals surface area contributed by atoms with E-state index in [2.05, 4.69) is 15.3 Å². The van der Waals surface area contributed by atoms with Crippen molar-refractivity contribution in [2.45, 2.75) is 17.2 Å². The molecule has 10 heteroatoms. The van der Waals surface area contributed by atoms with Gasteiger partial charge in [0, 0.05) is 11.8 Å². The third-order valence-corrected chi connectivity index (χ3v) is 6.67. The van der Waals surface area contributed by atoms with Crippen molar-refractivity contribution in [3.63, 3.8) is 0 Å². The Morgan fingerprint density at radius 2 is 1.94 bits per heavy atom. The van der Waals surface area contributed by atoms with Gasteiger partial charge in [0.05, 0.1) is 15.9 Å². The predicted molar refractivity (Wildman–Crippen MR) is 131 cm³/mol. The fourth-order valence-electron chi connectivity index (χ4n) is 3.29. The monoisotopic (exact) mass is 490 g/mol. The van der Waals surface area contributed by atoms with Gasteiger partial charge >= 0.3 is 0 Å². The summed E-state index contributed by atoms with van der Waals surface area (Å²) in [6.45, 7) is 1.58. The van der Waals surface area contributed by atoms with E-state index >= 15 is 0 Å². The summed E-state index contributed by atoms with van der Waals surface area (Å²) in [7, 11) is 0. The number of benzene rings is 2. The van der Waals surface area contributed by atoms with Gasteiger partial charge in [0.1, 0.15) is 12.3 Å². The van der Waals surface area contributed by atoms with Gasteiger partial charge in [0.25, 0.3) is 11.1 Å². The number of aryl methyl sites for hydroxylation is 1. The first-order valence-corrected chi connectivity index (χ1v) is 11.9. The summed E-state index contributed by atoms with van der Waals surface area (Å²) in [5, 5.41) is 3.46. The SMILES string of the molecule is Cc1ccc(NC(=O)CN2C(=O)S/C(=C/c3ccc(Sc4nc5ccccc5[nH]4)o3)C2=O)cc1. The number of carbonyl (C=O) groups excluding carboxylic acids is 3. The van der Waals surface area contributed by atoms with E-state index in [-0.39, 0.29) is 11.4 Å². The van der Waals surface area contributed by atoms with E-state index in [0.717, 1.165) is 33.3 Å². The smallest absolute Gasteiger partial charge is 0.294 e. The van der Waals surface area contributed by atoms with E-state index in [1.54, 1.807) is 24.3 Å². The lowest BCUT2D eigenvalue weighted by molar-refractivity contribution is -0.127. The maximum atomic E-state index is 12.7.